The Morgan fingerprint density at radius 3 is 2.67 bits per heavy atom. The lowest BCUT2D eigenvalue weighted by Gasteiger charge is -1.79. The van der Waals surface area contributed by atoms with Gasteiger partial charge in [-0.1, -0.05) is 29.1 Å². The maximum absolute atomic E-state index is 10.0. The molecule has 0 aliphatic rings. The van der Waals surface area contributed by atoms with Crippen molar-refractivity contribution < 1.29 is 9.90 Å². The molecule has 0 aromatic carbocycles. The van der Waals surface area contributed by atoms with E-state index in [4.69, 9.17) is 28.3 Å². The van der Waals surface area contributed by atoms with Crippen LogP contribution in [0.2, 0.25) is 8.67 Å². The van der Waals surface area contributed by atoms with E-state index < -0.39 is 5.97 Å². The van der Waals surface area contributed by atoms with E-state index in [9.17, 15) is 4.79 Å². The first kappa shape index (κ1) is 9.40. The molecule has 0 atom stereocenters. The van der Waals surface area contributed by atoms with Gasteiger partial charge in [0.1, 0.15) is 4.34 Å². The number of rotatable bonds is 0. The lowest BCUT2D eigenvalue weighted by molar-refractivity contribution is -0.130. The standard InChI is InChI=1S/C7H2Cl2O2S/c8-5-3-4(7(9)12-5)1-2-6(10)11/h3H,(H,10,11). The Kier molecular flexibility index (Phi) is 2.99. The summed E-state index contributed by atoms with van der Waals surface area (Å²) in [7, 11) is 0. The van der Waals surface area contributed by atoms with E-state index in [2.05, 4.69) is 5.92 Å². The van der Waals surface area contributed by atoms with Gasteiger partial charge in [-0.05, 0) is 6.07 Å². The number of halogens is 2. The van der Waals surface area contributed by atoms with Crippen molar-refractivity contribution >= 4 is 40.5 Å². The summed E-state index contributed by atoms with van der Waals surface area (Å²) >= 11 is 12.4. The van der Waals surface area contributed by atoms with Gasteiger partial charge in [0.15, 0.2) is 0 Å². The minimum atomic E-state index is -1.19. The van der Waals surface area contributed by atoms with Gasteiger partial charge < -0.3 is 5.11 Å². The minimum absolute atomic E-state index is 0.411. The zero-order valence-corrected chi connectivity index (χ0v) is 7.93. The third-order valence-corrected chi connectivity index (χ3v) is 2.45. The number of aliphatic carboxylic acids is 1. The monoisotopic (exact) mass is 220 g/mol. The molecule has 0 saturated heterocycles. The van der Waals surface area contributed by atoms with Crippen molar-refractivity contribution in [2.45, 2.75) is 0 Å². The second-order valence-electron chi connectivity index (χ2n) is 1.79. The second-order valence-corrected chi connectivity index (χ2v) is 4.08. The molecule has 2 nitrogen and oxygen atoms in total. The van der Waals surface area contributed by atoms with Gasteiger partial charge in [-0.2, -0.15) is 0 Å². The molecule has 0 spiro atoms. The minimum Gasteiger partial charge on any atom is -0.472 e. The molecule has 1 rings (SSSR count). The first-order valence-corrected chi connectivity index (χ1v) is 4.36. The topological polar surface area (TPSA) is 37.3 Å². The SMILES string of the molecule is O=C(O)C#Cc1cc(Cl)sc1Cl. The lowest BCUT2D eigenvalue weighted by atomic mass is 10.3. The molecule has 0 aliphatic heterocycles. The molecule has 0 amide bonds. The molecule has 0 fully saturated rings. The van der Waals surface area contributed by atoms with Crippen LogP contribution in [0.15, 0.2) is 6.07 Å². The van der Waals surface area contributed by atoms with Crippen LogP contribution in [-0.4, -0.2) is 11.1 Å². The van der Waals surface area contributed by atoms with Crippen LogP contribution in [0.25, 0.3) is 0 Å². The third-order valence-electron chi connectivity index (χ3n) is 0.961. The highest BCUT2D eigenvalue weighted by Crippen LogP contribution is 2.30. The molecule has 0 unspecified atom stereocenters. The van der Waals surface area contributed by atoms with Crippen LogP contribution in [0.1, 0.15) is 5.56 Å². The van der Waals surface area contributed by atoms with Gasteiger partial charge >= 0.3 is 5.97 Å². The van der Waals surface area contributed by atoms with E-state index in [1.807, 2.05) is 5.92 Å². The summed E-state index contributed by atoms with van der Waals surface area (Å²) in [6.07, 6.45) is 0. The van der Waals surface area contributed by atoms with Gasteiger partial charge in [0.05, 0.1) is 9.90 Å². The molecule has 0 radical (unpaired) electrons. The maximum Gasteiger partial charge on any atom is 0.382 e. The van der Waals surface area contributed by atoms with Crippen LogP contribution in [0.5, 0.6) is 0 Å². The van der Waals surface area contributed by atoms with E-state index in [1.54, 1.807) is 0 Å². The van der Waals surface area contributed by atoms with Crippen molar-refractivity contribution in [2.24, 2.45) is 0 Å². The number of hydrogen-bond acceptors (Lipinski definition) is 2. The number of carboxylic acid groups (broad SMARTS) is 1. The van der Waals surface area contributed by atoms with Crippen molar-refractivity contribution in [3.8, 4) is 11.8 Å². The van der Waals surface area contributed by atoms with Gasteiger partial charge in [-0.3, -0.25) is 0 Å². The summed E-state index contributed by atoms with van der Waals surface area (Å²) in [4.78, 5) is 10.0. The molecular weight excluding hydrogens is 219 g/mol. The van der Waals surface area contributed by atoms with Crippen LogP contribution in [0.4, 0.5) is 0 Å². The molecular formula is C7H2Cl2O2S. The Hall–Kier alpha value is -0.690. The predicted molar refractivity (Wildman–Crippen MR) is 48.9 cm³/mol. The highest BCUT2D eigenvalue weighted by atomic mass is 35.5. The average Bonchev–Trinajstić information content (AvgIpc) is 2.26. The summed E-state index contributed by atoms with van der Waals surface area (Å²) in [5.41, 5.74) is 0.453. The number of thiophene rings is 1. The van der Waals surface area contributed by atoms with E-state index >= 15 is 0 Å². The first-order valence-electron chi connectivity index (χ1n) is 2.79. The van der Waals surface area contributed by atoms with Crippen molar-refractivity contribution in [1.82, 2.24) is 0 Å². The Morgan fingerprint density at radius 1 is 1.58 bits per heavy atom. The average molecular weight is 221 g/mol. The van der Waals surface area contributed by atoms with Crippen molar-refractivity contribution in [2.75, 3.05) is 0 Å². The van der Waals surface area contributed by atoms with E-state index in [1.165, 1.54) is 6.07 Å². The number of hydrogen-bond donors (Lipinski definition) is 1. The summed E-state index contributed by atoms with van der Waals surface area (Å²) in [6.45, 7) is 0. The zero-order chi connectivity index (χ0) is 9.14. The maximum atomic E-state index is 10.0. The molecule has 62 valence electrons. The van der Waals surface area contributed by atoms with Crippen molar-refractivity contribution in [3.63, 3.8) is 0 Å². The third kappa shape index (κ3) is 2.42. The predicted octanol–water partition coefficient (Wildman–Crippen LogP) is 2.49. The smallest absolute Gasteiger partial charge is 0.382 e. The van der Waals surface area contributed by atoms with E-state index in [0.29, 0.717) is 14.2 Å². The molecule has 5 heteroatoms. The molecule has 12 heavy (non-hydrogen) atoms. The van der Waals surface area contributed by atoms with Crippen LogP contribution in [0.3, 0.4) is 0 Å². The van der Waals surface area contributed by atoms with E-state index in [0.717, 1.165) is 11.3 Å². The Morgan fingerprint density at radius 2 is 2.25 bits per heavy atom. The first-order chi connectivity index (χ1) is 5.59. The highest BCUT2D eigenvalue weighted by Gasteiger charge is 2.02. The van der Waals surface area contributed by atoms with Crippen molar-refractivity contribution in [1.29, 1.82) is 0 Å². The molecule has 1 N–H and O–H groups in total. The van der Waals surface area contributed by atoms with Crippen molar-refractivity contribution in [3.05, 3.63) is 20.3 Å². The normalized spacial score (nSPS) is 8.83. The summed E-state index contributed by atoms with van der Waals surface area (Å²) in [6, 6.07) is 1.53. The fraction of sp³-hybridized carbons (Fsp3) is 0. The summed E-state index contributed by atoms with van der Waals surface area (Å²) < 4.78 is 0.906. The summed E-state index contributed by atoms with van der Waals surface area (Å²) in [5, 5.41) is 8.23. The molecule has 1 aromatic heterocycles. The largest absolute Gasteiger partial charge is 0.472 e. The second kappa shape index (κ2) is 3.81. The van der Waals surface area contributed by atoms with Gasteiger partial charge in [0.2, 0.25) is 0 Å². The zero-order valence-electron chi connectivity index (χ0n) is 5.60. The van der Waals surface area contributed by atoms with Crippen LogP contribution < -0.4 is 0 Å². The summed E-state index contributed by atoms with van der Waals surface area (Å²) in [5.74, 6) is 3.14. The van der Waals surface area contributed by atoms with Gasteiger partial charge in [0, 0.05) is 5.92 Å². The molecule has 0 bridgehead atoms. The van der Waals surface area contributed by atoms with Gasteiger partial charge in [-0.15, -0.1) is 11.3 Å². The quantitative estimate of drug-likeness (QED) is 0.683. The Balaban J connectivity index is 2.98. The number of carboxylic acids is 1. The lowest BCUT2D eigenvalue weighted by Crippen LogP contribution is -1.86. The molecule has 0 saturated carbocycles. The van der Waals surface area contributed by atoms with E-state index in [-0.39, 0.29) is 0 Å². The van der Waals surface area contributed by atoms with Crippen LogP contribution in [0, 0.1) is 11.8 Å². The molecule has 0 aliphatic carbocycles. The highest BCUT2D eigenvalue weighted by molar-refractivity contribution is 7.20. The molecule has 1 aromatic rings. The fourth-order valence-electron chi connectivity index (χ4n) is 0.546. The van der Waals surface area contributed by atoms with Gasteiger partial charge in [-0.25, -0.2) is 4.79 Å². The number of carbonyl (C=O) groups is 1. The van der Waals surface area contributed by atoms with Crippen LogP contribution >= 0.6 is 34.5 Å². The van der Waals surface area contributed by atoms with Crippen LogP contribution in [-0.2, 0) is 4.79 Å². The Labute approximate surface area is 82.7 Å². The van der Waals surface area contributed by atoms with Gasteiger partial charge in [0.25, 0.3) is 0 Å². The fourth-order valence-corrected chi connectivity index (χ4v) is 1.92. The Bertz CT molecular complexity index is 372. The molecule has 1 heterocycles.